The molecule has 0 amide bonds. The van der Waals surface area contributed by atoms with Crippen molar-refractivity contribution in [3.05, 3.63) is 53.9 Å². The van der Waals surface area contributed by atoms with Crippen LogP contribution in [-0.2, 0) is 13.0 Å². The summed E-state index contributed by atoms with van der Waals surface area (Å²) in [4.78, 5) is 9.05. The van der Waals surface area contributed by atoms with Crippen LogP contribution in [0.1, 0.15) is 43.9 Å². The van der Waals surface area contributed by atoms with Crippen LogP contribution in [-0.4, -0.2) is 37.2 Å². The molecular weight excluding hydrogens is 491 g/mol. The highest BCUT2D eigenvalue weighted by Crippen LogP contribution is 2.32. The monoisotopic (exact) mass is 524 g/mol. The standard InChI is InChI=1S/C23H32N4O2.HI/c1-3-24-23(26-15-13-19-8-6-7-14-25-19)27-17-18-11-12-21(22(16-18)28-2)29-20-9-4-5-10-20;/h6-8,11-12,14,16,20H,3-5,9-10,13,15,17H2,1-2H3,(H2,24,26,27);1H. The number of guanidine groups is 1. The summed E-state index contributed by atoms with van der Waals surface area (Å²) in [5.74, 6) is 2.40. The van der Waals surface area contributed by atoms with Gasteiger partial charge in [-0.2, -0.15) is 0 Å². The van der Waals surface area contributed by atoms with Crippen LogP contribution in [0, 0.1) is 0 Å². The molecule has 2 aromatic rings. The predicted octanol–water partition coefficient (Wildman–Crippen LogP) is 4.33. The molecule has 0 spiro atoms. The number of nitrogens with one attached hydrogen (secondary N) is 2. The van der Waals surface area contributed by atoms with Crippen molar-refractivity contribution in [1.29, 1.82) is 0 Å². The van der Waals surface area contributed by atoms with E-state index in [-0.39, 0.29) is 24.0 Å². The molecule has 0 bridgehead atoms. The van der Waals surface area contributed by atoms with Gasteiger partial charge in [-0.05, 0) is 62.4 Å². The SMILES string of the molecule is CCNC(=NCc1ccc(OC2CCCC2)c(OC)c1)NCCc1ccccn1.I. The van der Waals surface area contributed by atoms with Gasteiger partial charge in [-0.3, -0.25) is 4.98 Å². The van der Waals surface area contributed by atoms with Crippen LogP contribution >= 0.6 is 24.0 Å². The first-order valence-electron chi connectivity index (χ1n) is 10.5. The first-order valence-corrected chi connectivity index (χ1v) is 10.5. The lowest BCUT2D eigenvalue weighted by Crippen LogP contribution is -2.38. The van der Waals surface area contributed by atoms with Crippen molar-refractivity contribution in [1.82, 2.24) is 15.6 Å². The summed E-state index contributed by atoms with van der Waals surface area (Å²) in [5.41, 5.74) is 2.15. The number of halogens is 1. The summed E-state index contributed by atoms with van der Waals surface area (Å²) in [7, 11) is 1.69. The van der Waals surface area contributed by atoms with Gasteiger partial charge in [-0.25, -0.2) is 4.99 Å². The van der Waals surface area contributed by atoms with Crippen LogP contribution < -0.4 is 20.1 Å². The van der Waals surface area contributed by atoms with Gasteiger partial charge in [0.25, 0.3) is 0 Å². The van der Waals surface area contributed by atoms with Gasteiger partial charge in [0, 0.05) is 31.4 Å². The molecule has 1 aromatic carbocycles. The third-order valence-corrected chi connectivity index (χ3v) is 4.99. The Kier molecular flexibility index (Phi) is 10.8. The molecule has 164 valence electrons. The number of aliphatic imine (C=N–C) groups is 1. The van der Waals surface area contributed by atoms with Crippen LogP contribution in [0.25, 0.3) is 0 Å². The number of hydrogen-bond acceptors (Lipinski definition) is 4. The van der Waals surface area contributed by atoms with Crippen LogP contribution in [0.5, 0.6) is 11.5 Å². The van der Waals surface area contributed by atoms with Gasteiger partial charge < -0.3 is 20.1 Å². The number of methoxy groups -OCH3 is 1. The topological polar surface area (TPSA) is 67.8 Å². The van der Waals surface area contributed by atoms with E-state index in [2.05, 4.69) is 28.6 Å². The molecule has 1 heterocycles. The van der Waals surface area contributed by atoms with E-state index in [1.54, 1.807) is 7.11 Å². The van der Waals surface area contributed by atoms with E-state index in [0.717, 1.165) is 61.1 Å². The van der Waals surface area contributed by atoms with Gasteiger partial charge in [0.15, 0.2) is 17.5 Å². The van der Waals surface area contributed by atoms with Crippen LogP contribution in [0.2, 0.25) is 0 Å². The summed E-state index contributed by atoms with van der Waals surface area (Å²) in [5, 5.41) is 6.66. The Hall–Kier alpha value is -2.03. The number of aromatic nitrogens is 1. The Morgan fingerprint density at radius 3 is 2.67 bits per heavy atom. The molecule has 0 radical (unpaired) electrons. The molecule has 30 heavy (non-hydrogen) atoms. The van der Waals surface area contributed by atoms with E-state index in [0.29, 0.717) is 12.6 Å². The third kappa shape index (κ3) is 7.66. The highest BCUT2D eigenvalue weighted by Gasteiger charge is 2.18. The maximum absolute atomic E-state index is 6.12. The molecule has 7 heteroatoms. The van der Waals surface area contributed by atoms with Crippen molar-refractivity contribution in [2.45, 2.75) is 51.7 Å². The van der Waals surface area contributed by atoms with E-state index in [9.17, 15) is 0 Å². The third-order valence-electron chi connectivity index (χ3n) is 4.99. The Bertz CT molecular complexity index is 780. The number of nitrogens with zero attached hydrogens (tertiary/aromatic N) is 2. The van der Waals surface area contributed by atoms with Gasteiger partial charge >= 0.3 is 0 Å². The van der Waals surface area contributed by atoms with Crippen molar-refractivity contribution in [3.8, 4) is 11.5 Å². The second-order valence-corrected chi connectivity index (χ2v) is 7.20. The molecule has 1 fully saturated rings. The molecule has 1 aliphatic rings. The van der Waals surface area contributed by atoms with Crippen LogP contribution in [0.15, 0.2) is 47.6 Å². The van der Waals surface area contributed by atoms with Crippen molar-refractivity contribution in [2.24, 2.45) is 4.99 Å². The number of hydrogen-bond donors (Lipinski definition) is 2. The summed E-state index contributed by atoms with van der Waals surface area (Å²) >= 11 is 0. The lowest BCUT2D eigenvalue weighted by Gasteiger charge is -2.16. The maximum atomic E-state index is 6.12. The van der Waals surface area contributed by atoms with Crippen molar-refractivity contribution >= 4 is 29.9 Å². The van der Waals surface area contributed by atoms with Crippen molar-refractivity contribution < 1.29 is 9.47 Å². The van der Waals surface area contributed by atoms with E-state index >= 15 is 0 Å². The molecule has 3 rings (SSSR count). The molecule has 2 N–H and O–H groups in total. The lowest BCUT2D eigenvalue weighted by molar-refractivity contribution is 0.200. The molecular formula is C23H33IN4O2. The average Bonchev–Trinajstić information content (AvgIpc) is 3.26. The largest absolute Gasteiger partial charge is 0.493 e. The number of pyridine rings is 1. The van der Waals surface area contributed by atoms with Crippen molar-refractivity contribution in [3.63, 3.8) is 0 Å². The summed E-state index contributed by atoms with van der Waals surface area (Å²) in [6, 6.07) is 12.1. The second-order valence-electron chi connectivity index (χ2n) is 7.20. The highest BCUT2D eigenvalue weighted by molar-refractivity contribution is 14.0. The molecule has 1 aliphatic carbocycles. The fourth-order valence-electron chi connectivity index (χ4n) is 3.46. The molecule has 0 saturated heterocycles. The Balaban J connectivity index is 0.00000320. The number of rotatable bonds is 9. The summed E-state index contributed by atoms with van der Waals surface area (Å²) in [6.07, 6.45) is 7.75. The van der Waals surface area contributed by atoms with E-state index in [4.69, 9.17) is 14.5 Å². The summed E-state index contributed by atoms with van der Waals surface area (Å²) < 4.78 is 11.7. The molecule has 1 aromatic heterocycles. The average molecular weight is 524 g/mol. The van der Waals surface area contributed by atoms with Gasteiger partial charge in [0.05, 0.1) is 19.8 Å². The number of benzene rings is 1. The Morgan fingerprint density at radius 2 is 1.97 bits per heavy atom. The Morgan fingerprint density at radius 1 is 1.13 bits per heavy atom. The predicted molar refractivity (Wildman–Crippen MR) is 132 cm³/mol. The zero-order chi connectivity index (χ0) is 20.3. The van der Waals surface area contributed by atoms with Crippen LogP contribution in [0.4, 0.5) is 0 Å². The lowest BCUT2D eigenvalue weighted by atomic mass is 10.2. The minimum absolute atomic E-state index is 0. The second kappa shape index (κ2) is 13.3. The van der Waals surface area contributed by atoms with E-state index in [1.165, 1.54) is 12.8 Å². The van der Waals surface area contributed by atoms with Gasteiger partial charge in [-0.15, -0.1) is 24.0 Å². The summed E-state index contributed by atoms with van der Waals surface area (Å²) in [6.45, 7) is 4.22. The van der Waals surface area contributed by atoms with Crippen LogP contribution in [0.3, 0.4) is 0 Å². The fourth-order valence-corrected chi connectivity index (χ4v) is 3.46. The zero-order valence-corrected chi connectivity index (χ0v) is 20.2. The van der Waals surface area contributed by atoms with Gasteiger partial charge in [-0.1, -0.05) is 12.1 Å². The van der Waals surface area contributed by atoms with E-state index in [1.807, 2.05) is 36.5 Å². The molecule has 0 aliphatic heterocycles. The fraction of sp³-hybridized carbons (Fsp3) is 0.478. The maximum Gasteiger partial charge on any atom is 0.191 e. The van der Waals surface area contributed by atoms with Gasteiger partial charge in [0.1, 0.15) is 0 Å². The Labute approximate surface area is 196 Å². The first kappa shape index (κ1) is 24.2. The molecule has 0 unspecified atom stereocenters. The smallest absolute Gasteiger partial charge is 0.191 e. The normalized spacial score (nSPS) is 14.1. The van der Waals surface area contributed by atoms with Gasteiger partial charge in [0.2, 0.25) is 0 Å². The van der Waals surface area contributed by atoms with E-state index < -0.39 is 0 Å². The molecule has 6 nitrogen and oxygen atoms in total. The number of ether oxygens (including phenoxy) is 2. The zero-order valence-electron chi connectivity index (χ0n) is 17.9. The van der Waals surface area contributed by atoms with Crippen molar-refractivity contribution in [2.75, 3.05) is 20.2 Å². The molecule has 1 saturated carbocycles. The minimum Gasteiger partial charge on any atom is -0.493 e. The molecule has 0 atom stereocenters. The quantitative estimate of drug-likeness (QED) is 0.291. The minimum atomic E-state index is 0. The first-order chi connectivity index (χ1) is 14.3. The highest BCUT2D eigenvalue weighted by atomic mass is 127.